The van der Waals surface area contributed by atoms with Gasteiger partial charge in [0.1, 0.15) is 12.2 Å². The Morgan fingerprint density at radius 1 is 1.47 bits per heavy atom. The summed E-state index contributed by atoms with van der Waals surface area (Å²) in [6, 6.07) is 5.24. The summed E-state index contributed by atoms with van der Waals surface area (Å²) >= 11 is 9.39. The van der Waals surface area contributed by atoms with Crippen molar-refractivity contribution >= 4 is 33.3 Å². The van der Waals surface area contributed by atoms with Crippen LogP contribution in [0.5, 0.6) is 0 Å². The molecule has 0 saturated heterocycles. The Hall–Kier alpha value is -1.20. The normalized spacial score (nSPS) is 10.7. The molecule has 0 aliphatic rings. The maximum atomic E-state index is 12.3. The summed E-state index contributed by atoms with van der Waals surface area (Å²) < 4.78 is 2.58. The molecule has 0 fully saturated rings. The lowest BCUT2D eigenvalue weighted by Crippen LogP contribution is -2.12. The van der Waals surface area contributed by atoms with Crippen LogP contribution in [0.25, 0.3) is 0 Å². The molecular weight excluding hydrogens is 330 g/mol. The fraction of sp³-hybridized carbons (Fsp3) is 0.308. The van der Waals surface area contributed by atoms with E-state index < -0.39 is 0 Å². The molecule has 0 atom stereocenters. The first-order valence-electron chi connectivity index (χ1n) is 5.96. The van der Waals surface area contributed by atoms with Crippen LogP contribution < -0.4 is 0 Å². The summed E-state index contributed by atoms with van der Waals surface area (Å²) in [7, 11) is 0. The van der Waals surface area contributed by atoms with Crippen LogP contribution in [0.15, 0.2) is 29.0 Å². The van der Waals surface area contributed by atoms with E-state index in [4.69, 9.17) is 11.6 Å². The summed E-state index contributed by atoms with van der Waals surface area (Å²) in [6.07, 6.45) is 2.62. The highest BCUT2D eigenvalue weighted by Crippen LogP contribution is 2.22. The number of nitrogens with zero attached hydrogens (tertiary/aromatic N) is 3. The molecule has 0 amide bonds. The molecule has 0 aliphatic heterocycles. The SMILES string of the molecule is CCCn1ncnc1CC(=O)c1cc(Br)ccc1Cl. The van der Waals surface area contributed by atoms with E-state index >= 15 is 0 Å². The molecule has 0 unspecified atom stereocenters. The highest BCUT2D eigenvalue weighted by molar-refractivity contribution is 9.10. The average molecular weight is 343 g/mol. The van der Waals surface area contributed by atoms with E-state index in [2.05, 4.69) is 32.9 Å². The maximum Gasteiger partial charge on any atom is 0.171 e. The molecule has 0 spiro atoms. The third kappa shape index (κ3) is 3.42. The largest absolute Gasteiger partial charge is 0.294 e. The van der Waals surface area contributed by atoms with Crippen LogP contribution in [0, 0.1) is 0 Å². The van der Waals surface area contributed by atoms with E-state index in [9.17, 15) is 4.79 Å². The Morgan fingerprint density at radius 3 is 3.00 bits per heavy atom. The van der Waals surface area contributed by atoms with Crippen LogP contribution in [0.4, 0.5) is 0 Å². The molecule has 100 valence electrons. The Morgan fingerprint density at radius 2 is 2.26 bits per heavy atom. The van der Waals surface area contributed by atoms with Crippen LogP contribution in [0.1, 0.15) is 29.5 Å². The van der Waals surface area contributed by atoms with Crippen LogP contribution >= 0.6 is 27.5 Å². The van der Waals surface area contributed by atoms with Gasteiger partial charge in [0, 0.05) is 16.6 Å². The van der Waals surface area contributed by atoms with E-state index in [1.807, 2.05) is 0 Å². The first kappa shape index (κ1) is 14.2. The van der Waals surface area contributed by atoms with Gasteiger partial charge in [0.05, 0.1) is 11.4 Å². The first-order valence-corrected chi connectivity index (χ1v) is 7.14. The van der Waals surface area contributed by atoms with Crippen molar-refractivity contribution in [3.8, 4) is 0 Å². The van der Waals surface area contributed by atoms with Crippen LogP contribution in [0.3, 0.4) is 0 Å². The molecule has 0 saturated carbocycles. The fourth-order valence-electron chi connectivity index (χ4n) is 1.77. The molecule has 0 aliphatic carbocycles. The summed E-state index contributed by atoms with van der Waals surface area (Å²) in [5, 5.41) is 4.56. The summed E-state index contributed by atoms with van der Waals surface area (Å²) in [5.41, 5.74) is 0.502. The third-order valence-electron chi connectivity index (χ3n) is 2.68. The van der Waals surface area contributed by atoms with E-state index in [1.54, 1.807) is 22.9 Å². The Balaban J connectivity index is 2.21. The van der Waals surface area contributed by atoms with E-state index in [0.29, 0.717) is 16.4 Å². The second-order valence-electron chi connectivity index (χ2n) is 4.12. The quantitative estimate of drug-likeness (QED) is 0.781. The highest BCUT2D eigenvalue weighted by atomic mass is 79.9. The van der Waals surface area contributed by atoms with Crippen molar-refractivity contribution in [2.45, 2.75) is 26.3 Å². The number of aryl methyl sites for hydroxylation is 1. The van der Waals surface area contributed by atoms with Gasteiger partial charge in [-0.1, -0.05) is 34.5 Å². The van der Waals surface area contributed by atoms with Crippen LogP contribution in [-0.4, -0.2) is 20.5 Å². The van der Waals surface area contributed by atoms with Crippen molar-refractivity contribution in [3.05, 3.63) is 45.4 Å². The number of carbonyl (C=O) groups is 1. The number of rotatable bonds is 5. The molecule has 0 bridgehead atoms. The number of Topliss-reactive ketones (excluding diaryl/α,β-unsaturated/α-hetero) is 1. The molecule has 19 heavy (non-hydrogen) atoms. The van der Waals surface area contributed by atoms with Crippen LogP contribution in [-0.2, 0) is 13.0 Å². The molecule has 4 nitrogen and oxygen atoms in total. The minimum absolute atomic E-state index is 0.0587. The van der Waals surface area contributed by atoms with Gasteiger partial charge in [0.15, 0.2) is 5.78 Å². The molecule has 2 rings (SSSR count). The maximum absolute atomic E-state index is 12.3. The van der Waals surface area contributed by atoms with Crippen molar-refractivity contribution in [3.63, 3.8) is 0 Å². The van der Waals surface area contributed by atoms with Gasteiger partial charge >= 0.3 is 0 Å². The average Bonchev–Trinajstić information content (AvgIpc) is 2.80. The molecule has 0 N–H and O–H groups in total. The zero-order valence-electron chi connectivity index (χ0n) is 10.4. The first-order chi connectivity index (χ1) is 9.11. The molecule has 1 aromatic heterocycles. The molecule has 2 aromatic rings. The van der Waals surface area contributed by atoms with Crippen molar-refractivity contribution in [2.75, 3.05) is 0 Å². The van der Waals surface area contributed by atoms with Gasteiger partial charge in [-0.15, -0.1) is 0 Å². The lowest BCUT2D eigenvalue weighted by molar-refractivity contribution is 0.0989. The van der Waals surface area contributed by atoms with Gasteiger partial charge in [0.25, 0.3) is 0 Å². The van der Waals surface area contributed by atoms with Crippen molar-refractivity contribution < 1.29 is 4.79 Å². The Bertz CT molecular complexity index is 597. The molecular formula is C13H13BrClN3O. The summed E-state index contributed by atoms with van der Waals surface area (Å²) in [4.78, 5) is 16.4. The predicted molar refractivity (Wildman–Crippen MR) is 77.5 cm³/mol. The second kappa shape index (κ2) is 6.30. The topological polar surface area (TPSA) is 47.8 Å². The highest BCUT2D eigenvalue weighted by Gasteiger charge is 2.15. The van der Waals surface area contributed by atoms with Gasteiger partial charge < -0.3 is 0 Å². The smallest absolute Gasteiger partial charge is 0.171 e. The zero-order chi connectivity index (χ0) is 13.8. The summed E-state index contributed by atoms with van der Waals surface area (Å²) in [6.45, 7) is 2.81. The lowest BCUT2D eigenvalue weighted by atomic mass is 10.1. The predicted octanol–water partition coefficient (Wildman–Crippen LogP) is 3.53. The minimum atomic E-state index is -0.0587. The minimum Gasteiger partial charge on any atom is -0.294 e. The van der Waals surface area contributed by atoms with E-state index in [0.717, 1.165) is 17.4 Å². The van der Waals surface area contributed by atoms with Crippen molar-refractivity contribution in [2.24, 2.45) is 0 Å². The zero-order valence-corrected chi connectivity index (χ0v) is 12.8. The monoisotopic (exact) mass is 341 g/mol. The van der Waals surface area contributed by atoms with Gasteiger partial charge in [-0.05, 0) is 24.6 Å². The molecule has 1 aromatic carbocycles. The number of ketones is 1. The van der Waals surface area contributed by atoms with Gasteiger partial charge in [-0.2, -0.15) is 5.10 Å². The molecule has 0 radical (unpaired) electrons. The number of hydrogen-bond donors (Lipinski definition) is 0. The van der Waals surface area contributed by atoms with Gasteiger partial charge in [-0.3, -0.25) is 4.79 Å². The van der Waals surface area contributed by atoms with E-state index in [-0.39, 0.29) is 12.2 Å². The Labute approximate surface area is 124 Å². The number of aromatic nitrogens is 3. The lowest BCUT2D eigenvalue weighted by Gasteiger charge is -2.06. The van der Waals surface area contributed by atoms with Gasteiger partial charge in [-0.25, -0.2) is 9.67 Å². The van der Waals surface area contributed by atoms with Crippen molar-refractivity contribution in [1.29, 1.82) is 0 Å². The Kier molecular flexibility index (Phi) is 4.71. The standard InChI is InChI=1S/C13H13BrClN3O/c1-2-5-18-13(16-8-17-18)7-12(19)10-6-9(14)3-4-11(10)15/h3-4,6,8H,2,5,7H2,1H3. The number of benzene rings is 1. The van der Waals surface area contributed by atoms with Crippen molar-refractivity contribution in [1.82, 2.24) is 14.8 Å². The van der Waals surface area contributed by atoms with E-state index in [1.165, 1.54) is 6.33 Å². The number of halogens is 2. The number of carbonyl (C=O) groups excluding carboxylic acids is 1. The molecule has 6 heteroatoms. The third-order valence-corrected chi connectivity index (χ3v) is 3.50. The second-order valence-corrected chi connectivity index (χ2v) is 5.45. The molecule has 1 heterocycles. The van der Waals surface area contributed by atoms with Crippen LogP contribution in [0.2, 0.25) is 5.02 Å². The number of hydrogen-bond acceptors (Lipinski definition) is 3. The fourth-order valence-corrected chi connectivity index (χ4v) is 2.36. The summed E-state index contributed by atoms with van der Waals surface area (Å²) in [5.74, 6) is 0.611. The van der Waals surface area contributed by atoms with Gasteiger partial charge in [0.2, 0.25) is 0 Å².